The fourth-order valence-electron chi connectivity index (χ4n) is 5.31. The number of hydrogen-bond acceptors (Lipinski definition) is 6. The van der Waals surface area contributed by atoms with Gasteiger partial charge in [0.1, 0.15) is 23.0 Å². The number of hydrogen-bond donors (Lipinski definition) is 0. The maximum atomic E-state index is 12.3. The van der Waals surface area contributed by atoms with E-state index in [1.165, 1.54) is 12.2 Å². The smallest absolute Gasteiger partial charge is 0.261 e. The Morgan fingerprint density at radius 1 is 0.467 bits per heavy atom. The first-order valence-electron chi connectivity index (χ1n) is 14.4. The SMILES string of the molecule is CC1=CC(=O)N(c2ccc(Oc3ccc(C(C)(C)c4ccc(Oc5ccc(N6C(=O)C=C(C)C6=O)cc5)cc4)cc3)cc2)C1=O. The lowest BCUT2D eigenvalue weighted by Crippen LogP contribution is -2.30. The Kier molecular flexibility index (Phi) is 7.42. The minimum absolute atomic E-state index is 0.303. The second kappa shape index (κ2) is 11.4. The van der Waals surface area contributed by atoms with Crippen molar-refractivity contribution in [2.45, 2.75) is 33.1 Å². The van der Waals surface area contributed by atoms with Gasteiger partial charge in [-0.25, -0.2) is 9.80 Å². The number of nitrogens with zero attached hydrogens (tertiary/aromatic N) is 2. The fourth-order valence-corrected chi connectivity index (χ4v) is 5.31. The molecule has 224 valence electrons. The highest BCUT2D eigenvalue weighted by Gasteiger charge is 2.31. The molecule has 0 saturated heterocycles. The number of carbonyl (C=O) groups is 4. The number of anilines is 2. The Morgan fingerprint density at radius 2 is 0.756 bits per heavy atom. The van der Waals surface area contributed by atoms with E-state index in [0.29, 0.717) is 45.5 Å². The summed E-state index contributed by atoms with van der Waals surface area (Å²) in [7, 11) is 0. The molecule has 0 N–H and O–H groups in total. The zero-order chi connectivity index (χ0) is 31.9. The zero-order valence-electron chi connectivity index (χ0n) is 25.2. The van der Waals surface area contributed by atoms with Crippen LogP contribution in [-0.2, 0) is 24.6 Å². The van der Waals surface area contributed by atoms with Gasteiger partial charge in [-0.2, -0.15) is 0 Å². The highest BCUT2D eigenvalue weighted by molar-refractivity contribution is 6.31. The Morgan fingerprint density at radius 3 is 1.02 bits per heavy atom. The lowest BCUT2D eigenvalue weighted by atomic mass is 9.78. The maximum absolute atomic E-state index is 12.3. The van der Waals surface area contributed by atoms with E-state index < -0.39 is 0 Å². The molecule has 2 aliphatic heterocycles. The van der Waals surface area contributed by atoms with E-state index in [-0.39, 0.29) is 29.0 Å². The molecule has 45 heavy (non-hydrogen) atoms. The van der Waals surface area contributed by atoms with Gasteiger partial charge in [0.2, 0.25) is 0 Å². The molecule has 4 aromatic rings. The van der Waals surface area contributed by atoms with Gasteiger partial charge in [0.25, 0.3) is 23.6 Å². The van der Waals surface area contributed by atoms with Crippen LogP contribution in [0.2, 0.25) is 0 Å². The van der Waals surface area contributed by atoms with Crippen LogP contribution in [0.15, 0.2) is 120 Å². The number of imide groups is 2. The van der Waals surface area contributed by atoms with Gasteiger partial charge in [-0.05, 0) is 97.8 Å². The van der Waals surface area contributed by atoms with Crippen LogP contribution >= 0.6 is 0 Å². The van der Waals surface area contributed by atoms with Crippen molar-refractivity contribution >= 4 is 35.0 Å². The zero-order valence-corrected chi connectivity index (χ0v) is 25.2. The predicted octanol–water partition coefficient (Wildman–Crippen LogP) is 7.24. The van der Waals surface area contributed by atoms with E-state index in [9.17, 15) is 19.2 Å². The van der Waals surface area contributed by atoms with Gasteiger partial charge in [0.05, 0.1) is 11.4 Å². The van der Waals surface area contributed by atoms with Crippen molar-refractivity contribution in [3.8, 4) is 23.0 Å². The van der Waals surface area contributed by atoms with E-state index >= 15 is 0 Å². The summed E-state index contributed by atoms with van der Waals surface area (Å²) < 4.78 is 12.0. The lowest BCUT2D eigenvalue weighted by molar-refractivity contribution is -0.121. The van der Waals surface area contributed by atoms with Gasteiger partial charge < -0.3 is 9.47 Å². The van der Waals surface area contributed by atoms with Crippen LogP contribution in [0.1, 0.15) is 38.8 Å². The molecule has 0 saturated carbocycles. The van der Waals surface area contributed by atoms with E-state index in [2.05, 4.69) is 13.8 Å². The highest BCUT2D eigenvalue weighted by Crippen LogP contribution is 2.35. The molecular formula is C37H30N2O6. The molecule has 0 spiro atoms. The van der Waals surface area contributed by atoms with E-state index in [1.54, 1.807) is 62.4 Å². The third-order valence-corrected chi connectivity index (χ3v) is 8.01. The third kappa shape index (κ3) is 5.65. The van der Waals surface area contributed by atoms with E-state index in [0.717, 1.165) is 20.9 Å². The third-order valence-electron chi connectivity index (χ3n) is 8.01. The topological polar surface area (TPSA) is 93.2 Å². The molecule has 4 aromatic carbocycles. The summed E-state index contributed by atoms with van der Waals surface area (Å²) >= 11 is 0. The molecule has 6 rings (SSSR count). The lowest BCUT2D eigenvalue weighted by Gasteiger charge is -2.26. The van der Waals surface area contributed by atoms with Crippen LogP contribution in [0.3, 0.4) is 0 Å². The van der Waals surface area contributed by atoms with Gasteiger partial charge in [-0.3, -0.25) is 19.2 Å². The highest BCUT2D eigenvalue weighted by atomic mass is 16.5. The first-order valence-corrected chi connectivity index (χ1v) is 14.4. The molecule has 0 unspecified atom stereocenters. The average molecular weight is 599 g/mol. The predicted molar refractivity (Wildman–Crippen MR) is 171 cm³/mol. The summed E-state index contributed by atoms with van der Waals surface area (Å²) in [4.78, 5) is 51.0. The quantitative estimate of drug-likeness (QED) is 0.199. The first kappa shape index (κ1) is 29.3. The normalized spacial score (nSPS) is 15.0. The van der Waals surface area contributed by atoms with Crippen LogP contribution < -0.4 is 19.3 Å². The molecule has 0 radical (unpaired) electrons. The van der Waals surface area contributed by atoms with Crippen LogP contribution in [-0.4, -0.2) is 23.6 Å². The van der Waals surface area contributed by atoms with Crippen molar-refractivity contribution in [3.63, 3.8) is 0 Å². The van der Waals surface area contributed by atoms with Gasteiger partial charge in [0, 0.05) is 28.7 Å². The Balaban J connectivity index is 1.08. The largest absolute Gasteiger partial charge is 0.457 e. The fraction of sp³-hybridized carbons (Fsp3) is 0.135. The molecule has 0 bridgehead atoms. The van der Waals surface area contributed by atoms with Gasteiger partial charge in [-0.1, -0.05) is 38.1 Å². The summed E-state index contributed by atoms with van der Waals surface area (Å²) in [6, 6.07) is 29.4. The van der Waals surface area contributed by atoms with Crippen molar-refractivity contribution < 1.29 is 28.7 Å². The first-order chi connectivity index (χ1) is 21.5. The summed E-state index contributed by atoms with van der Waals surface area (Å²) in [6.07, 6.45) is 2.67. The summed E-state index contributed by atoms with van der Waals surface area (Å²) in [6.45, 7) is 7.54. The summed E-state index contributed by atoms with van der Waals surface area (Å²) in [5.74, 6) is 1.17. The van der Waals surface area contributed by atoms with Crippen LogP contribution in [0.25, 0.3) is 0 Å². The van der Waals surface area contributed by atoms with Crippen LogP contribution in [0.5, 0.6) is 23.0 Å². The number of amides is 4. The van der Waals surface area contributed by atoms with Gasteiger partial charge in [-0.15, -0.1) is 0 Å². The minimum atomic E-state index is -0.346. The molecule has 2 aliphatic rings. The van der Waals surface area contributed by atoms with Crippen molar-refractivity contribution in [1.29, 1.82) is 0 Å². The molecule has 0 aliphatic carbocycles. The Bertz CT molecular complexity index is 1750. The molecule has 0 atom stereocenters. The van der Waals surface area contributed by atoms with Crippen molar-refractivity contribution in [3.05, 3.63) is 131 Å². The average Bonchev–Trinajstić information content (AvgIpc) is 3.44. The second-order valence-electron chi connectivity index (χ2n) is 11.5. The van der Waals surface area contributed by atoms with Crippen molar-refractivity contribution in [2.75, 3.05) is 9.80 Å². The maximum Gasteiger partial charge on any atom is 0.261 e. The van der Waals surface area contributed by atoms with Gasteiger partial charge in [0.15, 0.2) is 0 Å². The number of ether oxygens (including phenoxy) is 2. The number of carbonyl (C=O) groups excluding carboxylic acids is 4. The molecule has 2 heterocycles. The summed E-state index contributed by atoms with van der Waals surface area (Å²) in [5.41, 5.74) is 3.72. The number of benzene rings is 4. The van der Waals surface area contributed by atoms with Crippen LogP contribution in [0, 0.1) is 0 Å². The monoisotopic (exact) mass is 598 g/mol. The van der Waals surface area contributed by atoms with Gasteiger partial charge >= 0.3 is 0 Å². The summed E-state index contributed by atoms with van der Waals surface area (Å²) in [5, 5.41) is 0. The van der Waals surface area contributed by atoms with E-state index in [4.69, 9.17) is 9.47 Å². The molecule has 0 aromatic heterocycles. The molecule has 8 heteroatoms. The van der Waals surface area contributed by atoms with Crippen molar-refractivity contribution in [1.82, 2.24) is 0 Å². The molecular weight excluding hydrogens is 568 g/mol. The van der Waals surface area contributed by atoms with E-state index in [1.807, 2.05) is 48.5 Å². The van der Waals surface area contributed by atoms with Crippen molar-refractivity contribution in [2.24, 2.45) is 0 Å². The molecule has 8 nitrogen and oxygen atoms in total. The second-order valence-corrected chi connectivity index (χ2v) is 11.5. The van der Waals surface area contributed by atoms with Crippen LogP contribution in [0.4, 0.5) is 11.4 Å². The Labute approximate surface area is 260 Å². The Hall–Kier alpha value is -5.76. The minimum Gasteiger partial charge on any atom is -0.457 e. The standard InChI is InChI=1S/C37H30N2O6/c1-23-21-33(40)38(35(23)42)27-9-17-31(18-10-27)44-29-13-5-25(6-14-29)37(3,4)26-7-15-30(16-8-26)45-32-19-11-28(12-20-32)39-34(41)22-24(2)36(39)43/h5-22H,1-4H3. The molecule has 4 amide bonds. The number of rotatable bonds is 8. The molecule has 0 fully saturated rings.